The molecule has 7 heteroatoms. The van der Waals surface area contributed by atoms with Gasteiger partial charge in [-0.2, -0.15) is 0 Å². The summed E-state index contributed by atoms with van der Waals surface area (Å²) in [5.41, 5.74) is 8.40. The highest BCUT2D eigenvalue weighted by atomic mass is 16.2. The molecule has 2 heterocycles. The molecule has 1 aromatic heterocycles. The Labute approximate surface area is 190 Å². The lowest BCUT2D eigenvalue weighted by Gasteiger charge is -2.45. The van der Waals surface area contributed by atoms with Crippen LogP contribution in [0.2, 0.25) is 0 Å². The average Bonchev–Trinajstić information content (AvgIpc) is 3.66. The lowest BCUT2D eigenvalue weighted by atomic mass is 9.96. The number of quaternary nitrogens is 1. The molecule has 1 aromatic carbocycles. The third-order valence-electron chi connectivity index (χ3n) is 6.88. The first-order valence-corrected chi connectivity index (χ1v) is 11.7. The van der Waals surface area contributed by atoms with Gasteiger partial charge in [0, 0.05) is 63.8 Å². The fourth-order valence-corrected chi connectivity index (χ4v) is 5.29. The number of nitrogens with zero attached hydrogens (tertiary/aromatic N) is 3. The number of rotatable bonds is 8. The Morgan fingerprint density at radius 2 is 1.81 bits per heavy atom. The van der Waals surface area contributed by atoms with Crippen LogP contribution in [0.25, 0.3) is 0 Å². The molecule has 0 bridgehead atoms. The number of nitrogens with two attached hydrogens (primary N) is 1. The van der Waals surface area contributed by atoms with Crippen molar-refractivity contribution >= 4 is 17.6 Å². The molecule has 0 spiro atoms. The van der Waals surface area contributed by atoms with Crippen molar-refractivity contribution in [2.45, 2.75) is 57.7 Å². The first kappa shape index (κ1) is 22.4. The van der Waals surface area contributed by atoms with Crippen molar-refractivity contribution in [3.05, 3.63) is 59.9 Å². The van der Waals surface area contributed by atoms with Gasteiger partial charge < -0.3 is 16.0 Å². The number of nitrogens with one attached hydrogen (secondary N) is 1. The summed E-state index contributed by atoms with van der Waals surface area (Å²) in [5.74, 6) is -0.183. The summed E-state index contributed by atoms with van der Waals surface area (Å²) in [5, 5.41) is 3.00. The smallest absolute Gasteiger partial charge is 0.348 e. The zero-order valence-corrected chi connectivity index (χ0v) is 18.9. The largest absolute Gasteiger partial charge is 0.419 e. The van der Waals surface area contributed by atoms with Gasteiger partial charge in [0.1, 0.15) is 17.6 Å². The van der Waals surface area contributed by atoms with E-state index in [1.165, 1.54) is 0 Å². The summed E-state index contributed by atoms with van der Waals surface area (Å²) in [7, 11) is 0. The van der Waals surface area contributed by atoms with Gasteiger partial charge in [-0.15, -0.1) is 0 Å². The number of likely N-dealkylation sites (tertiary alicyclic amines) is 1. The highest BCUT2D eigenvalue weighted by Crippen LogP contribution is 2.45. The Kier molecular flexibility index (Phi) is 6.86. The minimum absolute atomic E-state index is 0.0976. The van der Waals surface area contributed by atoms with E-state index in [-0.39, 0.29) is 28.5 Å². The van der Waals surface area contributed by atoms with E-state index in [1.807, 2.05) is 36.4 Å². The molecule has 4 rings (SSSR count). The van der Waals surface area contributed by atoms with Gasteiger partial charge in [0.15, 0.2) is 5.69 Å². The summed E-state index contributed by atoms with van der Waals surface area (Å²) < 4.78 is 0.108. The number of carbonyl (C=O) groups is 2. The summed E-state index contributed by atoms with van der Waals surface area (Å²) in [6, 6.07) is 11.2. The molecular weight excluding hydrogens is 402 g/mol. The number of hydrogen-bond donors (Lipinski definition) is 2. The Morgan fingerprint density at radius 1 is 1.09 bits per heavy atom. The fourth-order valence-electron chi connectivity index (χ4n) is 5.29. The maximum Gasteiger partial charge on any atom is 0.419 e. The van der Waals surface area contributed by atoms with Crippen LogP contribution in [0, 0.1) is 0 Å². The number of primary amides is 1. The van der Waals surface area contributed by atoms with Gasteiger partial charge in [0.2, 0.25) is 0 Å². The zero-order chi connectivity index (χ0) is 22.6. The van der Waals surface area contributed by atoms with Crippen molar-refractivity contribution in [2.24, 2.45) is 5.73 Å². The van der Waals surface area contributed by atoms with Gasteiger partial charge in [0.25, 0.3) is 5.91 Å². The van der Waals surface area contributed by atoms with Crippen LogP contribution in [0.4, 0.5) is 10.5 Å². The molecule has 1 unspecified atom stereocenters. The van der Waals surface area contributed by atoms with Crippen LogP contribution < -0.4 is 15.5 Å². The van der Waals surface area contributed by atoms with Crippen LogP contribution in [-0.2, 0) is 6.54 Å². The van der Waals surface area contributed by atoms with Gasteiger partial charge in [-0.25, -0.2) is 9.28 Å². The number of urea groups is 1. The zero-order valence-electron chi connectivity index (χ0n) is 18.9. The molecule has 1 saturated carbocycles. The first-order chi connectivity index (χ1) is 15.6. The van der Waals surface area contributed by atoms with E-state index < -0.39 is 0 Å². The molecular formula is C25H34N5O2+. The lowest BCUT2D eigenvalue weighted by Crippen LogP contribution is -2.67. The van der Waals surface area contributed by atoms with Crippen molar-refractivity contribution in [1.82, 2.24) is 19.7 Å². The normalized spacial score (nSPS) is 19.3. The summed E-state index contributed by atoms with van der Waals surface area (Å²) in [6.07, 6.45) is 8.32. The van der Waals surface area contributed by atoms with E-state index in [0.29, 0.717) is 12.1 Å². The van der Waals surface area contributed by atoms with Gasteiger partial charge >= 0.3 is 6.03 Å². The van der Waals surface area contributed by atoms with Gasteiger partial charge in [-0.3, -0.25) is 9.78 Å². The van der Waals surface area contributed by atoms with E-state index in [2.05, 4.69) is 22.1 Å². The maximum atomic E-state index is 13.3. The third kappa shape index (κ3) is 4.40. The minimum Gasteiger partial charge on any atom is -0.348 e. The van der Waals surface area contributed by atoms with Crippen molar-refractivity contribution in [1.29, 1.82) is 0 Å². The third-order valence-corrected chi connectivity index (χ3v) is 6.88. The highest BCUT2D eigenvalue weighted by Gasteiger charge is 2.57. The molecule has 1 atom stereocenters. The molecule has 2 aromatic rings. The minimum atomic E-state index is -0.339. The summed E-state index contributed by atoms with van der Waals surface area (Å²) in [4.78, 5) is 33.0. The predicted molar refractivity (Wildman–Crippen MR) is 126 cm³/mol. The van der Waals surface area contributed by atoms with Crippen molar-refractivity contribution in [3.63, 3.8) is 0 Å². The lowest BCUT2D eigenvalue weighted by molar-refractivity contribution is 0.0943. The second kappa shape index (κ2) is 9.79. The molecule has 32 heavy (non-hydrogen) atoms. The number of piperidine rings is 1. The number of hydrogen-bond acceptors (Lipinski definition) is 4. The molecule has 170 valence electrons. The highest BCUT2D eigenvalue weighted by molar-refractivity contribution is 6.02. The van der Waals surface area contributed by atoms with Gasteiger partial charge in [-0.05, 0) is 30.7 Å². The van der Waals surface area contributed by atoms with E-state index in [4.69, 9.17) is 5.73 Å². The number of benzene rings is 1. The number of aromatic nitrogens is 1. The van der Waals surface area contributed by atoms with Crippen LogP contribution in [0.15, 0.2) is 48.8 Å². The van der Waals surface area contributed by atoms with Crippen LogP contribution >= 0.6 is 0 Å². The number of pyridine rings is 1. The molecule has 3 N–H and O–H groups in total. The SMILES string of the molecule is CCCN1CCC([N+](C(N)=O)(c2ccccc2C(=O)NCc2cccnc2)C2CC2)CC1. The molecule has 2 aliphatic rings. The molecule has 2 fully saturated rings. The standard InChI is InChI=1S/C25H33N5O2/c1-2-14-29-15-11-21(12-16-29)30(25(26)32,20-9-10-20)23-8-4-3-7-22(23)24(31)28-18-19-6-5-13-27-17-19/h3-8,13,17,20-21H,2,9-12,14-16,18H2,1H3,(H2-,26,28,31,32)/p+1. The van der Waals surface area contributed by atoms with E-state index >= 15 is 0 Å². The summed E-state index contributed by atoms with van der Waals surface area (Å²) >= 11 is 0. The predicted octanol–water partition coefficient (Wildman–Crippen LogP) is 3.43. The number of para-hydroxylation sites is 1. The van der Waals surface area contributed by atoms with E-state index in [1.54, 1.807) is 12.4 Å². The number of carbonyl (C=O) groups excluding carboxylic acids is 2. The second-order valence-electron chi connectivity index (χ2n) is 8.98. The van der Waals surface area contributed by atoms with Crippen LogP contribution in [0.5, 0.6) is 0 Å². The molecule has 1 aliphatic carbocycles. The number of amides is 3. The van der Waals surface area contributed by atoms with Gasteiger partial charge in [-0.1, -0.05) is 25.1 Å². The monoisotopic (exact) mass is 436 g/mol. The Morgan fingerprint density at radius 3 is 2.44 bits per heavy atom. The fraction of sp³-hybridized carbons (Fsp3) is 0.480. The maximum absolute atomic E-state index is 13.3. The Balaban J connectivity index is 1.64. The van der Waals surface area contributed by atoms with E-state index in [9.17, 15) is 9.59 Å². The van der Waals surface area contributed by atoms with Gasteiger partial charge in [0.05, 0.1) is 0 Å². The Hall–Kier alpha value is -2.77. The molecule has 1 aliphatic heterocycles. The van der Waals surface area contributed by atoms with Crippen molar-refractivity contribution in [2.75, 3.05) is 19.6 Å². The first-order valence-electron chi connectivity index (χ1n) is 11.7. The second-order valence-corrected chi connectivity index (χ2v) is 8.98. The molecule has 1 saturated heterocycles. The Bertz CT molecular complexity index is 938. The van der Waals surface area contributed by atoms with Crippen LogP contribution in [-0.4, -0.2) is 53.5 Å². The molecule has 7 nitrogen and oxygen atoms in total. The van der Waals surface area contributed by atoms with Crippen molar-refractivity contribution in [3.8, 4) is 0 Å². The topological polar surface area (TPSA) is 88.3 Å². The van der Waals surface area contributed by atoms with Crippen molar-refractivity contribution < 1.29 is 9.59 Å². The molecule has 0 radical (unpaired) electrons. The van der Waals surface area contributed by atoms with Crippen LogP contribution in [0.3, 0.4) is 0 Å². The van der Waals surface area contributed by atoms with E-state index in [0.717, 1.165) is 63.0 Å². The molecule has 3 amide bonds. The summed E-state index contributed by atoms with van der Waals surface area (Å²) in [6.45, 7) is 5.60. The average molecular weight is 437 g/mol. The quantitative estimate of drug-likeness (QED) is 0.621. The van der Waals surface area contributed by atoms with Crippen LogP contribution in [0.1, 0.15) is 54.9 Å².